The molecule has 8 heteroatoms. The quantitative estimate of drug-likeness (QED) is 0.698. The molecule has 2 fully saturated rings. The van der Waals surface area contributed by atoms with Crippen LogP contribution >= 0.6 is 0 Å². The van der Waals surface area contributed by atoms with Crippen molar-refractivity contribution in [3.8, 4) is 5.75 Å². The van der Waals surface area contributed by atoms with Gasteiger partial charge in [-0.15, -0.1) is 0 Å². The molecule has 0 aliphatic carbocycles. The summed E-state index contributed by atoms with van der Waals surface area (Å²) in [7, 11) is 1.58. The number of rotatable bonds is 3. The molecule has 2 aliphatic heterocycles. The number of para-hydroxylation sites is 1. The van der Waals surface area contributed by atoms with Gasteiger partial charge in [-0.05, 0) is 25.0 Å². The van der Waals surface area contributed by atoms with E-state index in [1.54, 1.807) is 23.0 Å². The molecule has 8 nitrogen and oxygen atoms in total. The van der Waals surface area contributed by atoms with Crippen molar-refractivity contribution in [2.24, 2.45) is 0 Å². The fraction of sp³-hybridized carbons (Fsp3) is 0.391. The summed E-state index contributed by atoms with van der Waals surface area (Å²) in [5.41, 5.74) is 2.02. The van der Waals surface area contributed by atoms with Crippen LogP contribution < -0.4 is 10.1 Å². The number of furan rings is 1. The number of hydrogen-bond acceptors (Lipinski definition) is 5. The highest BCUT2D eigenvalue weighted by Crippen LogP contribution is 2.36. The Kier molecular flexibility index (Phi) is 5.15. The molecule has 0 saturated carbocycles. The van der Waals surface area contributed by atoms with Gasteiger partial charge in [0.15, 0.2) is 0 Å². The second-order valence-electron chi connectivity index (χ2n) is 7.89. The third kappa shape index (κ3) is 3.67. The largest absolute Gasteiger partial charge is 0.495 e. The average molecular weight is 423 g/mol. The van der Waals surface area contributed by atoms with Gasteiger partial charge in [0.2, 0.25) is 0 Å². The van der Waals surface area contributed by atoms with E-state index in [0.717, 1.165) is 29.2 Å². The maximum atomic E-state index is 12.9. The third-order valence-corrected chi connectivity index (χ3v) is 6.02. The standard InChI is InChI=1S/C23H25N3O5/c1-29-21-13-16-15-5-2-3-6-18(15)31-20(16)14-17(21)24-23(28)26-10-8-25(9-11-26)22(27)19-7-4-12-30-19/h2-3,5-6,13-14,19H,4,7-12H2,1H3,(H,24,28)/t19-/m1/s1. The number of piperazine rings is 1. The lowest BCUT2D eigenvalue weighted by Gasteiger charge is -2.35. The van der Waals surface area contributed by atoms with E-state index < -0.39 is 0 Å². The van der Waals surface area contributed by atoms with Crippen molar-refractivity contribution >= 4 is 39.6 Å². The molecule has 162 valence electrons. The van der Waals surface area contributed by atoms with Crippen molar-refractivity contribution in [1.29, 1.82) is 0 Å². The SMILES string of the molecule is COc1cc2c(cc1NC(=O)N1CCN(C(=O)[C@H]3CCCO3)CC1)oc1ccccc12. The molecule has 1 aromatic heterocycles. The lowest BCUT2D eigenvalue weighted by atomic mass is 10.1. The number of anilines is 1. The van der Waals surface area contributed by atoms with Gasteiger partial charge in [0.25, 0.3) is 5.91 Å². The predicted molar refractivity (Wildman–Crippen MR) is 116 cm³/mol. The molecular formula is C23H25N3O5. The highest BCUT2D eigenvalue weighted by molar-refractivity contribution is 6.07. The summed E-state index contributed by atoms with van der Waals surface area (Å²) in [5.74, 6) is 0.606. The van der Waals surface area contributed by atoms with Crippen LogP contribution in [0.15, 0.2) is 40.8 Å². The monoisotopic (exact) mass is 423 g/mol. The summed E-state index contributed by atoms with van der Waals surface area (Å²) < 4.78 is 17.0. The summed E-state index contributed by atoms with van der Waals surface area (Å²) in [6.45, 7) is 2.60. The minimum absolute atomic E-state index is 0.0366. The van der Waals surface area contributed by atoms with Gasteiger partial charge < -0.3 is 29.0 Å². The van der Waals surface area contributed by atoms with Crippen molar-refractivity contribution in [3.63, 3.8) is 0 Å². The first kappa shape index (κ1) is 19.7. The van der Waals surface area contributed by atoms with Crippen LogP contribution in [0.3, 0.4) is 0 Å². The number of carbonyl (C=O) groups excluding carboxylic acids is 2. The predicted octanol–water partition coefficient (Wildman–Crippen LogP) is 3.45. The topological polar surface area (TPSA) is 84.2 Å². The smallest absolute Gasteiger partial charge is 0.322 e. The van der Waals surface area contributed by atoms with Crippen LogP contribution in [0, 0.1) is 0 Å². The number of hydrogen-bond donors (Lipinski definition) is 1. The van der Waals surface area contributed by atoms with E-state index in [2.05, 4.69) is 5.32 Å². The van der Waals surface area contributed by atoms with Crippen molar-refractivity contribution in [2.75, 3.05) is 45.2 Å². The van der Waals surface area contributed by atoms with Crippen LogP contribution in [-0.2, 0) is 9.53 Å². The third-order valence-electron chi connectivity index (χ3n) is 6.02. The number of carbonyl (C=O) groups is 2. The fourth-order valence-corrected chi connectivity index (χ4v) is 4.32. The van der Waals surface area contributed by atoms with E-state index in [4.69, 9.17) is 13.9 Å². The molecule has 0 bridgehead atoms. The first-order valence-electron chi connectivity index (χ1n) is 10.6. The molecule has 0 unspecified atom stereocenters. The molecule has 3 aromatic rings. The summed E-state index contributed by atoms with van der Waals surface area (Å²) in [6, 6.07) is 11.3. The minimum Gasteiger partial charge on any atom is -0.495 e. The Hall–Kier alpha value is -3.26. The molecule has 1 atom stereocenters. The van der Waals surface area contributed by atoms with Crippen molar-refractivity contribution < 1.29 is 23.5 Å². The lowest BCUT2D eigenvalue weighted by molar-refractivity contribution is -0.142. The summed E-state index contributed by atoms with van der Waals surface area (Å²) >= 11 is 0. The van der Waals surface area contributed by atoms with Crippen LogP contribution in [-0.4, -0.2) is 67.7 Å². The first-order chi connectivity index (χ1) is 15.1. The summed E-state index contributed by atoms with van der Waals surface area (Å²) in [5, 5.41) is 4.88. The van der Waals surface area contributed by atoms with Crippen molar-refractivity contribution in [2.45, 2.75) is 18.9 Å². The number of nitrogens with one attached hydrogen (secondary N) is 1. The Labute approximate surface area is 179 Å². The van der Waals surface area contributed by atoms with Crippen molar-refractivity contribution in [1.82, 2.24) is 9.80 Å². The van der Waals surface area contributed by atoms with E-state index >= 15 is 0 Å². The second kappa shape index (κ2) is 8.11. The van der Waals surface area contributed by atoms with E-state index in [-0.39, 0.29) is 18.0 Å². The van der Waals surface area contributed by atoms with Gasteiger partial charge in [-0.2, -0.15) is 0 Å². The number of amides is 3. The maximum absolute atomic E-state index is 12.9. The molecule has 3 heterocycles. The van der Waals surface area contributed by atoms with Crippen LogP contribution in [0.1, 0.15) is 12.8 Å². The van der Waals surface area contributed by atoms with E-state index in [1.165, 1.54) is 0 Å². The molecule has 31 heavy (non-hydrogen) atoms. The van der Waals surface area contributed by atoms with E-state index in [0.29, 0.717) is 49.8 Å². The van der Waals surface area contributed by atoms with Gasteiger partial charge >= 0.3 is 6.03 Å². The van der Waals surface area contributed by atoms with E-state index in [9.17, 15) is 9.59 Å². The molecule has 0 radical (unpaired) electrons. The normalized spacial score (nSPS) is 19.2. The molecule has 0 spiro atoms. The Morgan fingerprint density at radius 1 is 1.03 bits per heavy atom. The Morgan fingerprint density at radius 2 is 1.81 bits per heavy atom. The van der Waals surface area contributed by atoms with Crippen LogP contribution in [0.2, 0.25) is 0 Å². The number of fused-ring (bicyclic) bond motifs is 3. The summed E-state index contributed by atoms with van der Waals surface area (Å²) in [4.78, 5) is 28.9. The molecule has 2 aromatic carbocycles. The van der Waals surface area contributed by atoms with E-state index in [1.807, 2.05) is 30.3 Å². The first-order valence-corrected chi connectivity index (χ1v) is 10.6. The molecular weight excluding hydrogens is 398 g/mol. The number of urea groups is 1. The number of methoxy groups -OCH3 is 1. The molecule has 1 N–H and O–H groups in total. The van der Waals surface area contributed by atoms with Crippen molar-refractivity contribution in [3.05, 3.63) is 36.4 Å². The Morgan fingerprint density at radius 3 is 2.55 bits per heavy atom. The average Bonchev–Trinajstić information content (AvgIpc) is 3.46. The number of nitrogens with zero attached hydrogens (tertiary/aromatic N) is 2. The highest BCUT2D eigenvalue weighted by Gasteiger charge is 2.31. The highest BCUT2D eigenvalue weighted by atomic mass is 16.5. The Bertz CT molecular complexity index is 1130. The van der Waals surface area contributed by atoms with Gasteiger partial charge in [0.1, 0.15) is 23.0 Å². The zero-order valence-electron chi connectivity index (χ0n) is 17.4. The van der Waals surface area contributed by atoms with Crippen LogP contribution in [0.25, 0.3) is 21.9 Å². The summed E-state index contributed by atoms with van der Waals surface area (Å²) in [6.07, 6.45) is 1.39. The minimum atomic E-state index is -0.319. The zero-order valence-corrected chi connectivity index (χ0v) is 17.4. The van der Waals surface area contributed by atoms with Gasteiger partial charge in [-0.3, -0.25) is 4.79 Å². The maximum Gasteiger partial charge on any atom is 0.322 e. The van der Waals surface area contributed by atoms with Gasteiger partial charge in [-0.1, -0.05) is 18.2 Å². The molecule has 2 saturated heterocycles. The van der Waals surface area contributed by atoms with Gasteiger partial charge in [0.05, 0.1) is 12.8 Å². The fourth-order valence-electron chi connectivity index (χ4n) is 4.32. The van der Waals surface area contributed by atoms with Crippen LogP contribution in [0.4, 0.5) is 10.5 Å². The molecule has 2 aliphatic rings. The number of ether oxygens (including phenoxy) is 2. The lowest BCUT2D eigenvalue weighted by Crippen LogP contribution is -2.53. The van der Waals surface area contributed by atoms with Gasteiger partial charge in [-0.25, -0.2) is 4.79 Å². The molecule has 5 rings (SSSR count). The zero-order chi connectivity index (χ0) is 21.4. The number of benzene rings is 2. The van der Waals surface area contributed by atoms with Crippen LogP contribution in [0.5, 0.6) is 5.75 Å². The molecule has 3 amide bonds. The second-order valence-corrected chi connectivity index (χ2v) is 7.89. The Balaban J connectivity index is 1.29. The van der Waals surface area contributed by atoms with Gasteiger partial charge in [0, 0.05) is 49.6 Å².